The summed E-state index contributed by atoms with van der Waals surface area (Å²) >= 11 is 0. The van der Waals surface area contributed by atoms with Crippen LogP contribution < -0.4 is 33.2 Å². The van der Waals surface area contributed by atoms with Gasteiger partial charge in [-0.05, 0) is 25.2 Å². The van der Waals surface area contributed by atoms with E-state index in [1.54, 1.807) is 13.8 Å². The van der Waals surface area contributed by atoms with Crippen LogP contribution in [0.2, 0.25) is 0 Å². The van der Waals surface area contributed by atoms with E-state index in [0.717, 1.165) is 0 Å². The lowest BCUT2D eigenvalue weighted by Crippen LogP contribution is -2.57. The fourth-order valence-corrected chi connectivity index (χ4v) is 3.35. The quantitative estimate of drug-likeness (QED) is 0.0561. The molecule has 1 aromatic rings. The van der Waals surface area contributed by atoms with E-state index in [1.165, 1.54) is 12.5 Å². The first-order valence-corrected chi connectivity index (χ1v) is 12.0. The summed E-state index contributed by atoms with van der Waals surface area (Å²) in [4.78, 5) is 71.8. The van der Waals surface area contributed by atoms with Crippen molar-refractivity contribution in [1.29, 1.82) is 0 Å². The number of carbonyl (C=O) groups excluding carboxylic acids is 3. The van der Waals surface area contributed by atoms with Gasteiger partial charge >= 0.3 is 11.9 Å². The number of H-pyrrole nitrogens is 1. The average Bonchev–Trinajstić information content (AvgIpc) is 3.33. The van der Waals surface area contributed by atoms with E-state index >= 15 is 0 Å². The summed E-state index contributed by atoms with van der Waals surface area (Å²) in [6, 6.07) is -4.85. The summed E-state index contributed by atoms with van der Waals surface area (Å²) in [5.74, 6) is -5.40. The molecule has 16 nitrogen and oxygen atoms in total. The van der Waals surface area contributed by atoms with Gasteiger partial charge in [-0.2, -0.15) is 0 Å². The van der Waals surface area contributed by atoms with Crippen molar-refractivity contribution in [2.45, 2.75) is 70.1 Å². The van der Waals surface area contributed by atoms with Crippen molar-refractivity contribution in [2.75, 3.05) is 6.54 Å². The summed E-state index contributed by atoms with van der Waals surface area (Å²) in [7, 11) is 0. The Balaban J connectivity index is 3.03. The minimum atomic E-state index is -1.33. The Hall–Kier alpha value is -4.21. The van der Waals surface area contributed by atoms with E-state index in [-0.39, 0.29) is 38.2 Å². The molecule has 0 fully saturated rings. The molecule has 0 saturated carbocycles. The fraction of sp³-hybridized carbons (Fsp3) is 0.591. The van der Waals surface area contributed by atoms with Gasteiger partial charge in [0.2, 0.25) is 17.7 Å². The zero-order chi connectivity index (χ0) is 28.8. The number of carboxylic acids is 2. The standard InChI is InChI=1S/C22H37N9O7/c1-11(2)17(21(37)38)31-20(36)14(4-3-7-27-22(24)25)30-19(35)15(5-6-16(32)33)29-18(34)13(23)8-12-9-26-10-28-12/h9-11,13-15,17H,3-8,23H2,1-2H3,(H,26,28)(H,29,34)(H,30,35)(H,31,36)(H,32,33)(H,37,38)(H4,24,25,27). The zero-order valence-corrected chi connectivity index (χ0v) is 21.3. The van der Waals surface area contributed by atoms with Crippen LogP contribution in [0, 0.1) is 5.92 Å². The highest BCUT2D eigenvalue weighted by Crippen LogP contribution is 2.07. The first kappa shape index (κ1) is 31.8. The summed E-state index contributed by atoms with van der Waals surface area (Å²) in [5, 5.41) is 25.8. The number of nitrogens with one attached hydrogen (secondary N) is 4. The first-order valence-electron chi connectivity index (χ1n) is 12.0. The first-order chi connectivity index (χ1) is 17.8. The Kier molecular flexibility index (Phi) is 13.2. The van der Waals surface area contributed by atoms with E-state index < -0.39 is 66.2 Å². The average molecular weight is 540 g/mol. The second-order valence-corrected chi connectivity index (χ2v) is 8.96. The lowest BCUT2D eigenvalue weighted by Gasteiger charge is -2.26. The normalized spacial score (nSPS) is 14.0. The number of guanidine groups is 1. The molecule has 1 aromatic heterocycles. The molecule has 1 rings (SSSR count). The SMILES string of the molecule is CC(C)C(NC(=O)C(CCCN=C(N)N)NC(=O)C(CCC(=O)O)NC(=O)C(N)Cc1cnc[nH]1)C(=O)O. The van der Waals surface area contributed by atoms with Gasteiger partial charge in [0.25, 0.3) is 0 Å². The number of hydrogen-bond acceptors (Lipinski definition) is 8. The lowest BCUT2D eigenvalue weighted by atomic mass is 10.0. The highest BCUT2D eigenvalue weighted by Gasteiger charge is 2.31. The number of hydrogen-bond donors (Lipinski definition) is 9. The molecule has 3 amide bonds. The Labute approximate surface area is 219 Å². The van der Waals surface area contributed by atoms with Gasteiger partial charge < -0.3 is 48.3 Å². The maximum Gasteiger partial charge on any atom is 0.326 e. The van der Waals surface area contributed by atoms with Gasteiger partial charge in [0.1, 0.15) is 18.1 Å². The van der Waals surface area contributed by atoms with Crippen molar-refractivity contribution in [3.05, 3.63) is 18.2 Å². The van der Waals surface area contributed by atoms with Crippen molar-refractivity contribution < 1.29 is 34.2 Å². The molecule has 0 aliphatic rings. The monoisotopic (exact) mass is 539 g/mol. The molecule has 0 bridgehead atoms. The number of aliphatic imine (C=N–C) groups is 1. The molecule has 0 saturated heterocycles. The molecule has 0 aliphatic carbocycles. The maximum absolute atomic E-state index is 13.1. The summed E-state index contributed by atoms with van der Waals surface area (Å²) < 4.78 is 0. The molecule has 16 heteroatoms. The van der Waals surface area contributed by atoms with Crippen LogP contribution in [0.1, 0.15) is 45.2 Å². The maximum atomic E-state index is 13.1. The largest absolute Gasteiger partial charge is 0.481 e. The van der Waals surface area contributed by atoms with Crippen LogP contribution in [-0.2, 0) is 30.4 Å². The molecule has 1 heterocycles. The van der Waals surface area contributed by atoms with Crippen molar-refractivity contribution in [2.24, 2.45) is 28.1 Å². The molecule has 12 N–H and O–H groups in total. The van der Waals surface area contributed by atoms with Crippen molar-refractivity contribution >= 4 is 35.6 Å². The number of nitrogens with two attached hydrogens (primary N) is 3. The van der Waals surface area contributed by atoms with Crippen molar-refractivity contribution in [3.8, 4) is 0 Å². The van der Waals surface area contributed by atoms with Crippen molar-refractivity contribution in [3.63, 3.8) is 0 Å². The minimum absolute atomic E-state index is 0.0255. The Bertz CT molecular complexity index is 978. The van der Waals surface area contributed by atoms with E-state index in [0.29, 0.717) is 5.69 Å². The second-order valence-electron chi connectivity index (χ2n) is 8.96. The minimum Gasteiger partial charge on any atom is -0.481 e. The number of imidazole rings is 1. The number of aromatic nitrogens is 2. The third kappa shape index (κ3) is 11.7. The van der Waals surface area contributed by atoms with E-state index in [4.69, 9.17) is 22.3 Å². The van der Waals surface area contributed by atoms with Crippen molar-refractivity contribution in [1.82, 2.24) is 25.9 Å². The van der Waals surface area contributed by atoms with Crippen LogP contribution in [0.3, 0.4) is 0 Å². The molecule has 212 valence electrons. The van der Waals surface area contributed by atoms with Gasteiger partial charge in [-0.1, -0.05) is 13.8 Å². The molecule has 0 spiro atoms. The summed E-state index contributed by atoms with van der Waals surface area (Å²) in [5.41, 5.74) is 17.1. The third-order valence-electron chi connectivity index (χ3n) is 5.42. The topological polar surface area (TPSA) is 281 Å². The zero-order valence-electron chi connectivity index (χ0n) is 21.3. The lowest BCUT2D eigenvalue weighted by molar-refractivity contribution is -0.143. The molecule has 0 aliphatic heterocycles. The molecule has 38 heavy (non-hydrogen) atoms. The van der Waals surface area contributed by atoms with Crippen LogP contribution in [0.5, 0.6) is 0 Å². The Morgan fingerprint density at radius 3 is 2.13 bits per heavy atom. The number of aliphatic carboxylic acids is 2. The number of carboxylic acid groups (broad SMARTS) is 2. The van der Waals surface area contributed by atoms with Gasteiger partial charge in [-0.15, -0.1) is 0 Å². The van der Waals surface area contributed by atoms with Crippen LogP contribution in [-0.4, -0.2) is 86.5 Å². The van der Waals surface area contributed by atoms with E-state index in [1.807, 2.05) is 0 Å². The van der Waals surface area contributed by atoms with Gasteiger partial charge in [-0.3, -0.25) is 24.2 Å². The number of amides is 3. The number of rotatable bonds is 17. The number of carbonyl (C=O) groups is 5. The highest BCUT2D eigenvalue weighted by molar-refractivity contribution is 5.94. The fourth-order valence-electron chi connectivity index (χ4n) is 3.35. The van der Waals surface area contributed by atoms with Crippen LogP contribution in [0.15, 0.2) is 17.5 Å². The van der Waals surface area contributed by atoms with E-state index in [9.17, 15) is 29.1 Å². The molecular formula is C22H37N9O7. The molecule has 4 unspecified atom stereocenters. The molecule has 4 atom stereocenters. The Morgan fingerprint density at radius 2 is 1.61 bits per heavy atom. The predicted octanol–water partition coefficient (Wildman–Crippen LogP) is -2.61. The van der Waals surface area contributed by atoms with Gasteiger partial charge in [-0.25, -0.2) is 9.78 Å². The van der Waals surface area contributed by atoms with E-state index in [2.05, 4.69) is 30.9 Å². The van der Waals surface area contributed by atoms with Crippen LogP contribution in [0.25, 0.3) is 0 Å². The number of aromatic amines is 1. The predicted molar refractivity (Wildman–Crippen MR) is 135 cm³/mol. The molecule has 0 aromatic carbocycles. The van der Waals surface area contributed by atoms with Gasteiger partial charge in [0.15, 0.2) is 5.96 Å². The van der Waals surface area contributed by atoms with Crippen LogP contribution >= 0.6 is 0 Å². The molecule has 0 radical (unpaired) electrons. The van der Waals surface area contributed by atoms with Gasteiger partial charge in [0, 0.05) is 31.3 Å². The second kappa shape index (κ2) is 15.8. The van der Waals surface area contributed by atoms with Crippen LogP contribution in [0.4, 0.5) is 0 Å². The highest BCUT2D eigenvalue weighted by atomic mass is 16.4. The van der Waals surface area contributed by atoms with Gasteiger partial charge in [0.05, 0.1) is 12.4 Å². The Morgan fingerprint density at radius 1 is 1.00 bits per heavy atom. The smallest absolute Gasteiger partial charge is 0.326 e. The summed E-state index contributed by atoms with van der Waals surface area (Å²) in [6.07, 6.45) is 2.51. The third-order valence-corrected chi connectivity index (χ3v) is 5.42. The number of nitrogens with zero attached hydrogens (tertiary/aromatic N) is 2. The summed E-state index contributed by atoms with van der Waals surface area (Å²) in [6.45, 7) is 3.35. The molecular weight excluding hydrogens is 502 g/mol.